The highest BCUT2D eigenvalue weighted by Crippen LogP contribution is 2.48. The van der Waals surface area contributed by atoms with Gasteiger partial charge in [-0.3, -0.25) is 0 Å². The summed E-state index contributed by atoms with van der Waals surface area (Å²) < 4.78 is 2.41. The third kappa shape index (κ3) is 1.55. The predicted molar refractivity (Wildman–Crippen MR) is 91.4 cm³/mol. The SMILES string of the molecule is Cn1c2c(c3cc(C4(N)CCCC4)ccc31)C1CCN2CC1. The minimum atomic E-state index is -0.0785. The van der Waals surface area contributed by atoms with Crippen LogP contribution in [0.5, 0.6) is 0 Å². The minimum Gasteiger partial charge on any atom is -0.358 e. The molecule has 3 nitrogen and oxygen atoms in total. The summed E-state index contributed by atoms with van der Waals surface area (Å²) in [5, 5.41) is 1.47. The number of anilines is 1. The van der Waals surface area contributed by atoms with Crippen molar-refractivity contribution < 1.29 is 0 Å². The van der Waals surface area contributed by atoms with Crippen LogP contribution in [0.15, 0.2) is 18.2 Å². The number of fused-ring (bicyclic) bond motifs is 3. The van der Waals surface area contributed by atoms with Crippen molar-refractivity contribution in [2.75, 3.05) is 18.0 Å². The molecule has 22 heavy (non-hydrogen) atoms. The minimum absolute atomic E-state index is 0.0785. The molecule has 0 radical (unpaired) electrons. The molecule has 0 unspecified atom stereocenters. The maximum Gasteiger partial charge on any atom is 0.112 e. The molecule has 6 rings (SSSR count). The second-order valence-electron chi connectivity index (χ2n) is 7.65. The highest BCUT2D eigenvalue weighted by Gasteiger charge is 2.37. The molecule has 3 heteroatoms. The van der Waals surface area contributed by atoms with Crippen molar-refractivity contribution in [2.24, 2.45) is 12.8 Å². The molecule has 116 valence electrons. The molecule has 4 aliphatic rings. The Bertz CT molecular complexity index is 744. The van der Waals surface area contributed by atoms with Crippen molar-refractivity contribution in [2.45, 2.75) is 50.0 Å². The van der Waals surface area contributed by atoms with Gasteiger partial charge in [-0.05, 0) is 49.3 Å². The first-order valence-electron chi connectivity index (χ1n) is 8.84. The van der Waals surface area contributed by atoms with E-state index in [1.807, 2.05) is 0 Å². The van der Waals surface area contributed by atoms with Crippen LogP contribution >= 0.6 is 0 Å². The highest BCUT2D eigenvalue weighted by molar-refractivity contribution is 5.92. The van der Waals surface area contributed by atoms with E-state index in [2.05, 4.69) is 34.7 Å². The maximum atomic E-state index is 6.71. The van der Waals surface area contributed by atoms with E-state index in [9.17, 15) is 0 Å². The van der Waals surface area contributed by atoms with Gasteiger partial charge in [0.05, 0.1) is 0 Å². The van der Waals surface area contributed by atoms with E-state index in [1.165, 1.54) is 61.1 Å². The smallest absolute Gasteiger partial charge is 0.112 e. The normalized spacial score (nSPS) is 23.5. The molecule has 2 N–H and O–H groups in total. The van der Waals surface area contributed by atoms with Gasteiger partial charge in [-0.25, -0.2) is 0 Å². The van der Waals surface area contributed by atoms with Gasteiger partial charge in [0.1, 0.15) is 5.82 Å². The maximum absolute atomic E-state index is 6.71. The average Bonchev–Trinajstić information content (AvgIpc) is 3.13. The summed E-state index contributed by atoms with van der Waals surface area (Å²) in [6, 6.07) is 7.04. The van der Waals surface area contributed by atoms with Crippen LogP contribution in [0.3, 0.4) is 0 Å². The molecule has 1 aromatic carbocycles. The zero-order valence-electron chi connectivity index (χ0n) is 13.4. The van der Waals surface area contributed by atoms with Gasteiger partial charge in [-0.1, -0.05) is 18.9 Å². The number of hydrogen-bond acceptors (Lipinski definition) is 2. The summed E-state index contributed by atoms with van der Waals surface area (Å²) in [5.74, 6) is 2.24. The van der Waals surface area contributed by atoms with Crippen LogP contribution in [0, 0.1) is 0 Å². The Morgan fingerprint density at radius 2 is 1.86 bits per heavy atom. The zero-order valence-corrected chi connectivity index (χ0v) is 13.4. The van der Waals surface area contributed by atoms with Crippen molar-refractivity contribution in [1.82, 2.24) is 4.57 Å². The summed E-state index contributed by atoms with van der Waals surface area (Å²) in [5.41, 5.74) is 11.0. The Balaban J connectivity index is 1.75. The average molecular weight is 295 g/mol. The number of nitrogens with two attached hydrogens (primary N) is 1. The van der Waals surface area contributed by atoms with Crippen LogP contribution in [0.1, 0.15) is 55.6 Å². The van der Waals surface area contributed by atoms with Crippen LogP contribution in [0.4, 0.5) is 5.82 Å². The van der Waals surface area contributed by atoms with Gasteiger partial charge in [-0.15, -0.1) is 0 Å². The largest absolute Gasteiger partial charge is 0.358 e. The third-order valence-electron chi connectivity index (χ3n) is 6.48. The van der Waals surface area contributed by atoms with Crippen molar-refractivity contribution in [1.29, 1.82) is 0 Å². The van der Waals surface area contributed by atoms with Crippen LogP contribution in [-0.2, 0) is 12.6 Å². The van der Waals surface area contributed by atoms with E-state index in [1.54, 1.807) is 5.56 Å². The fraction of sp³-hybridized carbons (Fsp3) is 0.579. The van der Waals surface area contributed by atoms with E-state index >= 15 is 0 Å². The Morgan fingerprint density at radius 3 is 2.59 bits per heavy atom. The Morgan fingerprint density at radius 1 is 1.14 bits per heavy atom. The topological polar surface area (TPSA) is 34.2 Å². The van der Waals surface area contributed by atoms with Crippen molar-refractivity contribution in [3.05, 3.63) is 29.3 Å². The summed E-state index contributed by atoms with van der Waals surface area (Å²) in [4.78, 5) is 2.59. The Kier molecular flexibility index (Phi) is 2.53. The lowest BCUT2D eigenvalue weighted by molar-refractivity contribution is 0.461. The molecule has 2 aromatic rings. The van der Waals surface area contributed by atoms with Crippen molar-refractivity contribution in [3.8, 4) is 0 Å². The molecular formula is C19H25N3. The lowest BCUT2D eigenvalue weighted by atomic mass is 9.82. The molecule has 2 fully saturated rings. The standard InChI is InChI=1S/C19H25N3/c1-21-16-5-4-14(19(20)8-2-3-9-19)12-15(16)17-13-6-10-22(11-7-13)18(17)21/h4-5,12-13H,2-3,6-11,20H2,1H3. The number of nitrogens with zero attached hydrogens (tertiary/aromatic N) is 2. The van der Waals surface area contributed by atoms with Gasteiger partial charge >= 0.3 is 0 Å². The van der Waals surface area contributed by atoms with Gasteiger partial charge in [0.25, 0.3) is 0 Å². The summed E-state index contributed by atoms with van der Waals surface area (Å²) >= 11 is 0. The third-order valence-corrected chi connectivity index (χ3v) is 6.48. The molecule has 3 aliphatic heterocycles. The van der Waals surface area contributed by atoms with E-state index in [4.69, 9.17) is 5.73 Å². The van der Waals surface area contributed by atoms with Crippen LogP contribution in [0.2, 0.25) is 0 Å². The number of rotatable bonds is 1. The fourth-order valence-electron chi connectivity index (χ4n) is 5.23. The van der Waals surface area contributed by atoms with Crippen molar-refractivity contribution in [3.63, 3.8) is 0 Å². The quantitative estimate of drug-likeness (QED) is 0.872. The number of aromatic nitrogens is 1. The first kappa shape index (κ1) is 13.0. The van der Waals surface area contributed by atoms with E-state index in [-0.39, 0.29) is 5.54 Å². The number of aryl methyl sites for hydroxylation is 1. The lowest BCUT2D eigenvalue weighted by Gasteiger charge is -2.41. The van der Waals surface area contributed by atoms with Crippen LogP contribution in [-0.4, -0.2) is 17.7 Å². The first-order chi connectivity index (χ1) is 10.7. The molecular weight excluding hydrogens is 270 g/mol. The predicted octanol–water partition coefficient (Wildman–Crippen LogP) is 3.60. The Labute approximate surface area is 132 Å². The fourth-order valence-corrected chi connectivity index (χ4v) is 5.23. The van der Waals surface area contributed by atoms with Crippen molar-refractivity contribution >= 4 is 16.7 Å². The Hall–Kier alpha value is -1.48. The van der Waals surface area contributed by atoms with E-state index in [0.717, 1.165) is 18.8 Å². The molecule has 1 aliphatic carbocycles. The second kappa shape index (κ2) is 4.29. The molecule has 2 bridgehead atoms. The number of piperidine rings is 1. The van der Waals surface area contributed by atoms with E-state index in [0.29, 0.717) is 0 Å². The highest BCUT2D eigenvalue weighted by atomic mass is 15.3. The van der Waals surface area contributed by atoms with Gasteiger partial charge in [0.15, 0.2) is 0 Å². The molecule has 1 saturated heterocycles. The molecule has 0 spiro atoms. The van der Waals surface area contributed by atoms with Gasteiger partial charge < -0.3 is 15.2 Å². The van der Waals surface area contributed by atoms with Gasteiger partial charge in [0, 0.05) is 42.1 Å². The molecule has 0 atom stereocenters. The molecule has 1 saturated carbocycles. The van der Waals surface area contributed by atoms with Crippen LogP contribution in [0.25, 0.3) is 10.9 Å². The number of hydrogen-bond donors (Lipinski definition) is 1. The first-order valence-corrected chi connectivity index (χ1v) is 8.84. The molecule has 4 heterocycles. The van der Waals surface area contributed by atoms with E-state index < -0.39 is 0 Å². The lowest BCUT2D eigenvalue weighted by Crippen LogP contribution is -2.39. The molecule has 0 amide bonds. The van der Waals surface area contributed by atoms with Crippen LogP contribution < -0.4 is 10.6 Å². The second-order valence-corrected chi connectivity index (χ2v) is 7.65. The van der Waals surface area contributed by atoms with Gasteiger partial charge in [0.2, 0.25) is 0 Å². The monoisotopic (exact) mass is 295 g/mol. The zero-order chi connectivity index (χ0) is 14.9. The number of benzene rings is 1. The molecule has 1 aromatic heterocycles. The summed E-state index contributed by atoms with van der Waals surface area (Å²) in [7, 11) is 2.23. The summed E-state index contributed by atoms with van der Waals surface area (Å²) in [6.07, 6.45) is 7.48. The van der Waals surface area contributed by atoms with Gasteiger partial charge in [-0.2, -0.15) is 0 Å². The summed E-state index contributed by atoms with van der Waals surface area (Å²) in [6.45, 7) is 2.46.